The summed E-state index contributed by atoms with van der Waals surface area (Å²) in [5.41, 5.74) is 0. The Bertz CT molecular complexity index is 63.9. The molecule has 2 heteroatoms. The van der Waals surface area contributed by atoms with E-state index < -0.39 is 0 Å². The summed E-state index contributed by atoms with van der Waals surface area (Å²) < 4.78 is 0. The molecule has 1 N–H and O–H groups in total. The van der Waals surface area contributed by atoms with Gasteiger partial charge in [0.25, 0.3) is 0 Å². The fraction of sp³-hybridized carbons (Fsp3) is 1.00. The van der Waals surface area contributed by atoms with Crippen LogP contribution in [-0.2, 0) is 0 Å². The zero-order valence-electron chi connectivity index (χ0n) is 6.59. The fourth-order valence-corrected chi connectivity index (χ4v) is 0.570. The van der Waals surface area contributed by atoms with Gasteiger partial charge in [-0.1, -0.05) is 6.92 Å². The average molecular weight is 131 g/mol. The second kappa shape index (κ2) is 4.77. The Labute approximate surface area is 57.5 Å². The highest BCUT2D eigenvalue weighted by molar-refractivity contribution is 4.51. The number of aliphatic hydroxyl groups is 1. The van der Waals surface area contributed by atoms with E-state index in [1.54, 1.807) is 0 Å². The van der Waals surface area contributed by atoms with Gasteiger partial charge < -0.3 is 10.0 Å². The van der Waals surface area contributed by atoms with Crippen molar-refractivity contribution < 1.29 is 5.11 Å². The smallest absolute Gasteiger partial charge is 0.0457 e. The zero-order valence-corrected chi connectivity index (χ0v) is 6.59. The number of hydrogen-bond acceptors (Lipinski definition) is 2. The molecule has 1 atom stereocenters. The molecule has 0 spiro atoms. The Balaban J connectivity index is 3.06. The Morgan fingerprint density at radius 2 is 2.00 bits per heavy atom. The SMILES string of the molecule is C[C@H](CO)CCN(C)C. The molecule has 2 nitrogen and oxygen atoms in total. The van der Waals surface area contributed by atoms with Crippen molar-refractivity contribution in [2.24, 2.45) is 5.92 Å². The molecular weight excluding hydrogens is 114 g/mol. The topological polar surface area (TPSA) is 23.5 Å². The number of hydrogen-bond donors (Lipinski definition) is 1. The highest BCUT2D eigenvalue weighted by Gasteiger charge is 1.98. The minimum absolute atomic E-state index is 0.313. The predicted molar refractivity (Wildman–Crippen MR) is 39.4 cm³/mol. The molecular formula is C7H17NO. The molecule has 9 heavy (non-hydrogen) atoms. The summed E-state index contributed by atoms with van der Waals surface area (Å²) in [5.74, 6) is 0.451. The third kappa shape index (κ3) is 5.80. The molecule has 0 rings (SSSR count). The van der Waals surface area contributed by atoms with Gasteiger partial charge in [0, 0.05) is 6.61 Å². The van der Waals surface area contributed by atoms with Gasteiger partial charge in [-0.05, 0) is 33.0 Å². The zero-order chi connectivity index (χ0) is 7.28. The first-order valence-corrected chi connectivity index (χ1v) is 3.42. The van der Waals surface area contributed by atoms with Crippen LogP contribution in [0.1, 0.15) is 13.3 Å². The molecule has 0 saturated heterocycles. The van der Waals surface area contributed by atoms with Gasteiger partial charge in [0.2, 0.25) is 0 Å². The Morgan fingerprint density at radius 1 is 1.44 bits per heavy atom. The van der Waals surface area contributed by atoms with E-state index in [-0.39, 0.29) is 0 Å². The van der Waals surface area contributed by atoms with Crippen molar-refractivity contribution in [2.45, 2.75) is 13.3 Å². The minimum atomic E-state index is 0.313. The van der Waals surface area contributed by atoms with Crippen molar-refractivity contribution in [1.82, 2.24) is 4.90 Å². The maximum atomic E-state index is 8.63. The monoisotopic (exact) mass is 131 g/mol. The van der Waals surface area contributed by atoms with Gasteiger partial charge in [0.05, 0.1) is 0 Å². The van der Waals surface area contributed by atoms with Gasteiger partial charge in [-0.15, -0.1) is 0 Å². The third-order valence-corrected chi connectivity index (χ3v) is 1.38. The fourth-order valence-electron chi connectivity index (χ4n) is 0.570. The first kappa shape index (κ1) is 8.92. The molecule has 0 bridgehead atoms. The molecule has 0 aromatic heterocycles. The summed E-state index contributed by atoms with van der Waals surface area (Å²) in [4.78, 5) is 2.13. The Morgan fingerprint density at radius 3 is 2.33 bits per heavy atom. The minimum Gasteiger partial charge on any atom is -0.396 e. The molecule has 0 amide bonds. The maximum absolute atomic E-state index is 8.63. The molecule has 0 aliphatic heterocycles. The van der Waals surface area contributed by atoms with Crippen molar-refractivity contribution in [2.75, 3.05) is 27.2 Å². The summed E-state index contributed by atoms with van der Waals surface area (Å²) in [6.45, 7) is 3.44. The van der Waals surface area contributed by atoms with E-state index in [1.165, 1.54) is 0 Å². The molecule has 0 aromatic rings. The number of nitrogens with zero attached hydrogens (tertiary/aromatic N) is 1. The average Bonchev–Trinajstić information content (AvgIpc) is 1.83. The van der Waals surface area contributed by atoms with Crippen molar-refractivity contribution in [3.8, 4) is 0 Å². The molecule has 0 unspecified atom stereocenters. The molecule has 56 valence electrons. The Kier molecular flexibility index (Phi) is 4.72. The van der Waals surface area contributed by atoms with Crippen molar-refractivity contribution in [1.29, 1.82) is 0 Å². The van der Waals surface area contributed by atoms with Crippen LogP contribution in [0.15, 0.2) is 0 Å². The lowest BCUT2D eigenvalue weighted by Crippen LogP contribution is -2.16. The summed E-state index contributed by atoms with van der Waals surface area (Å²) >= 11 is 0. The molecule has 0 saturated carbocycles. The second-order valence-corrected chi connectivity index (χ2v) is 2.88. The van der Waals surface area contributed by atoms with Crippen LogP contribution in [0.3, 0.4) is 0 Å². The first-order chi connectivity index (χ1) is 4.16. The van der Waals surface area contributed by atoms with E-state index in [9.17, 15) is 0 Å². The van der Waals surface area contributed by atoms with Gasteiger partial charge in [0.1, 0.15) is 0 Å². The molecule has 0 aliphatic rings. The van der Waals surface area contributed by atoms with Crippen molar-refractivity contribution in [3.63, 3.8) is 0 Å². The summed E-state index contributed by atoms with van der Waals surface area (Å²) in [5, 5.41) is 8.63. The standard InChI is InChI=1S/C7H17NO/c1-7(6-9)4-5-8(2)3/h7,9H,4-6H2,1-3H3/t7-/m0/s1. The Hall–Kier alpha value is -0.0800. The van der Waals surface area contributed by atoms with Gasteiger partial charge in [-0.25, -0.2) is 0 Å². The largest absolute Gasteiger partial charge is 0.396 e. The van der Waals surface area contributed by atoms with Crippen molar-refractivity contribution >= 4 is 0 Å². The van der Waals surface area contributed by atoms with E-state index >= 15 is 0 Å². The highest BCUT2D eigenvalue weighted by atomic mass is 16.3. The summed E-state index contributed by atoms with van der Waals surface area (Å²) in [6, 6.07) is 0. The first-order valence-electron chi connectivity index (χ1n) is 3.42. The second-order valence-electron chi connectivity index (χ2n) is 2.88. The van der Waals surface area contributed by atoms with Crippen molar-refractivity contribution in [3.05, 3.63) is 0 Å². The van der Waals surface area contributed by atoms with Crippen LogP contribution in [0.25, 0.3) is 0 Å². The lowest BCUT2D eigenvalue weighted by Gasteiger charge is -2.12. The van der Waals surface area contributed by atoms with E-state index in [0.29, 0.717) is 12.5 Å². The maximum Gasteiger partial charge on any atom is 0.0457 e. The molecule has 0 aromatic carbocycles. The van der Waals surface area contributed by atoms with E-state index in [4.69, 9.17) is 5.11 Å². The lowest BCUT2D eigenvalue weighted by atomic mass is 10.1. The quantitative estimate of drug-likeness (QED) is 0.603. The van der Waals surface area contributed by atoms with Crippen LogP contribution in [0.2, 0.25) is 0 Å². The molecule has 0 fully saturated rings. The third-order valence-electron chi connectivity index (χ3n) is 1.38. The molecule has 0 aliphatic carbocycles. The van der Waals surface area contributed by atoms with Crippen LogP contribution in [0.5, 0.6) is 0 Å². The van der Waals surface area contributed by atoms with Crippen LogP contribution in [0.4, 0.5) is 0 Å². The normalized spacial score (nSPS) is 14.3. The summed E-state index contributed by atoms with van der Waals surface area (Å²) in [6.07, 6.45) is 1.09. The van der Waals surface area contributed by atoms with E-state index in [1.807, 2.05) is 14.1 Å². The van der Waals surface area contributed by atoms with Gasteiger partial charge in [-0.2, -0.15) is 0 Å². The van der Waals surface area contributed by atoms with E-state index in [2.05, 4.69) is 11.8 Å². The van der Waals surface area contributed by atoms with Gasteiger partial charge in [0.15, 0.2) is 0 Å². The molecule has 0 radical (unpaired) electrons. The van der Waals surface area contributed by atoms with Crippen LogP contribution in [0, 0.1) is 5.92 Å². The predicted octanol–water partition coefficient (Wildman–Crippen LogP) is 0.567. The van der Waals surface area contributed by atoms with Gasteiger partial charge >= 0.3 is 0 Å². The number of aliphatic hydroxyl groups excluding tert-OH is 1. The van der Waals surface area contributed by atoms with Crippen LogP contribution in [-0.4, -0.2) is 37.3 Å². The highest BCUT2D eigenvalue weighted by Crippen LogP contribution is 1.99. The molecule has 0 heterocycles. The van der Waals surface area contributed by atoms with Crippen LogP contribution < -0.4 is 0 Å². The number of rotatable bonds is 4. The van der Waals surface area contributed by atoms with E-state index in [0.717, 1.165) is 13.0 Å². The lowest BCUT2D eigenvalue weighted by molar-refractivity contribution is 0.218. The van der Waals surface area contributed by atoms with Gasteiger partial charge in [-0.3, -0.25) is 0 Å². The summed E-state index contributed by atoms with van der Waals surface area (Å²) in [7, 11) is 4.09. The van der Waals surface area contributed by atoms with Crippen LogP contribution >= 0.6 is 0 Å².